The number of amides is 1. The molecule has 3 rings (SSSR count). The van der Waals surface area contributed by atoms with Gasteiger partial charge in [0.25, 0.3) is 0 Å². The number of nitrogens with zero attached hydrogens (tertiary/aromatic N) is 1. The molecular weight excluding hydrogens is 390 g/mol. The highest BCUT2D eigenvalue weighted by Crippen LogP contribution is 2.32. The van der Waals surface area contributed by atoms with Crippen LogP contribution in [0.5, 0.6) is 5.75 Å². The van der Waals surface area contributed by atoms with Gasteiger partial charge in [0, 0.05) is 24.6 Å². The average Bonchev–Trinajstić information content (AvgIpc) is 2.77. The van der Waals surface area contributed by atoms with E-state index in [1.54, 1.807) is 18.9 Å². The molecule has 1 N–H and O–H groups in total. The monoisotopic (exact) mass is 421 g/mol. The summed E-state index contributed by atoms with van der Waals surface area (Å²) in [6, 6.07) is 15.4. The molecule has 0 spiro atoms. The van der Waals surface area contributed by atoms with Crippen LogP contribution in [0.25, 0.3) is 0 Å². The largest absolute Gasteiger partial charge is 0.497 e. The molecule has 31 heavy (non-hydrogen) atoms. The predicted molar refractivity (Wildman–Crippen MR) is 121 cm³/mol. The lowest BCUT2D eigenvalue weighted by atomic mass is 9.81. The first-order valence-corrected chi connectivity index (χ1v) is 10.8. The van der Waals surface area contributed by atoms with Gasteiger partial charge in [-0.05, 0) is 68.5 Å². The van der Waals surface area contributed by atoms with Crippen molar-refractivity contribution in [2.24, 2.45) is 0 Å². The van der Waals surface area contributed by atoms with Gasteiger partial charge in [-0.2, -0.15) is 0 Å². The maximum atomic E-state index is 12.8. The van der Waals surface area contributed by atoms with Crippen molar-refractivity contribution < 1.29 is 19.4 Å². The van der Waals surface area contributed by atoms with E-state index in [-0.39, 0.29) is 12.1 Å². The van der Waals surface area contributed by atoms with E-state index in [0.717, 1.165) is 35.3 Å². The molecule has 5 heteroatoms. The third-order valence-electron chi connectivity index (χ3n) is 5.61. The summed E-state index contributed by atoms with van der Waals surface area (Å²) in [6.45, 7) is 4.54. The first-order chi connectivity index (χ1) is 14.9. The molecule has 0 heterocycles. The van der Waals surface area contributed by atoms with Gasteiger partial charge in [0.05, 0.1) is 13.7 Å². The number of carbonyl (C=O) groups excluding carboxylic acids is 1. The number of carbonyl (C=O) groups is 1. The molecule has 0 bridgehead atoms. The van der Waals surface area contributed by atoms with E-state index in [1.807, 2.05) is 55.5 Å². The van der Waals surface area contributed by atoms with Crippen LogP contribution in [-0.4, -0.2) is 41.5 Å². The third-order valence-corrected chi connectivity index (χ3v) is 5.61. The fourth-order valence-corrected chi connectivity index (χ4v) is 3.99. The number of methoxy groups -OCH3 is 1. The van der Waals surface area contributed by atoms with E-state index >= 15 is 0 Å². The fraction of sp³-hybridized carbons (Fsp3) is 0.423. The molecule has 0 saturated heterocycles. The predicted octanol–water partition coefficient (Wildman–Crippen LogP) is 4.69. The fourth-order valence-electron chi connectivity index (χ4n) is 3.99. The normalized spacial score (nSPS) is 20.3. The quantitative estimate of drug-likeness (QED) is 0.712. The lowest BCUT2D eigenvalue weighted by Crippen LogP contribution is -2.47. The van der Waals surface area contributed by atoms with Crippen molar-refractivity contribution in [2.75, 3.05) is 13.7 Å². The second kappa shape index (κ2) is 10.4. The Morgan fingerprint density at radius 2 is 2.03 bits per heavy atom. The van der Waals surface area contributed by atoms with Crippen molar-refractivity contribution in [1.29, 1.82) is 0 Å². The highest BCUT2D eigenvalue weighted by atomic mass is 16.6. The average molecular weight is 422 g/mol. The van der Waals surface area contributed by atoms with Crippen molar-refractivity contribution in [2.45, 2.75) is 57.7 Å². The maximum absolute atomic E-state index is 12.8. The maximum Gasteiger partial charge on any atom is 0.410 e. The third kappa shape index (κ3) is 6.26. The van der Waals surface area contributed by atoms with Crippen LogP contribution in [-0.2, 0) is 11.3 Å². The number of hydrogen-bond donors (Lipinski definition) is 1. The summed E-state index contributed by atoms with van der Waals surface area (Å²) >= 11 is 0. The molecule has 2 atom stereocenters. The summed E-state index contributed by atoms with van der Waals surface area (Å²) in [5.74, 6) is 6.98. The minimum absolute atomic E-state index is 0.147. The topological polar surface area (TPSA) is 59.0 Å². The zero-order valence-electron chi connectivity index (χ0n) is 18.6. The Bertz CT molecular complexity index is 944. The first kappa shape index (κ1) is 22.7. The van der Waals surface area contributed by atoms with E-state index < -0.39 is 5.60 Å². The van der Waals surface area contributed by atoms with Gasteiger partial charge in [-0.1, -0.05) is 36.1 Å². The Hall–Kier alpha value is -2.97. The van der Waals surface area contributed by atoms with Crippen molar-refractivity contribution in [3.8, 4) is 17.6 Å². The summed E-state index contributed by atoms with van der Waals surface area (Å²) in [5, 5.41) is 11.2. The van der Waals surface area contributed by atoms with Crippen LogP contribution in [0.4, 0.5) is 4.79 Å². The van der Waals surface area contributed by atoms with Crippen LogP contribution in [0.2, 0.25) is 0 Å². The minimum atomic E-state index is -1.13. The molecule has 0 aliphatic heterocycles. The molecule has 164 valence electrons. The Morgan fingerprint density at radius 1 is 1.26 bits per heavy atom. The first-order valence-electron chi connectivity index (χ1n) is 10.8. The van der Waals surface area contributed by atoms with Gasteiger partial charge in [-0.15, -0.1) is 0 Å². The summed E-state index contributed by atoms with van der Waals surface area (Å²) in [5.41, 5.74) is 1.87. The van der Waals surface area contributed by atoms with E-state index in [9.17, 15) is 9.90 Å². The minimum Gasteiger partial charge on any atom is -0.497 e. The van der Waals surface area contributed by atoms with Crippen LogP contribution >= 0.6 is 0 Å². The summed E-state index contributed by atoms with van der Waals surface area (Å²) in [6.07, 6.45) is 2.24. The zero-order chi connectivity index (χ0) is 22.3. The molecule has 2 aromatic rings. The molecule has 1 aliphatic rings. The van der Waals surface area contributed by atoms with Gasteiger partial charge in [-0.25, -0.2) is 4.79 Å². The number of ether oxygens (including phenoxy) is 2. The number of aliphatic hydroxyl groups is 1. The number of aryl methyl sites for hydroxylation is 1. The summed E-state index contributed by atoms with van der Waals surface area (Å²) < 4.78 is 10.6. The van der Waals surface area contributed by atoms with Gasteiger partial charge >= 0.3 is 6.09 Å². The van der Waals surface area contributed by atoms with E-state index in [1.165, 1.54) is 0 Å². The smallest absolute Gasteiger partial charge is 0.410 e. The Labute approximate surface area is 185 Å². The lowest BCUT2D eigenvalue weighted by molar-refractivity contribution is 0.00876. The molecule has 1 saturated carbocycles. The standard InChI is InChI=1S/C26H31NO4/c1-4-31-25(28)27(19-22-10-12-24(30-3)13-11-22)23-9-6-15-26(29,18-23)16-14-21-8-5-7-20(2)17-21/h5,7-8,10-13,17,23,29H,4,6,9,15,18-19H2,1-3H3. The van der Waals surface area contributed by atoms with Crippen LogP contribution < -0.4 is 4.74 Å². The van der Waals surface area contributed by atoms with Gasteiger partial charge in [0.15, 0.2) is 0 Å². The van der Waals surface area contributed by atoms with Gasteiger partial charge < -0.3 is 19.5 Å². The van der Waals surface area contributed by atoms with Crippen molar-refractivity contribution in [3.05, 3.63) is 65.2 Å². The van der Waals surface area contributed by atoms with Crippen LogP contribution in [0.15, 0.2) is 48.5 Å². The number of hydrogen-bond acceptors (Lipinski definition) is 4. The van der Waals surface area contributed by atoms with Gasteiger partial charge in [0.1, 0.15) is 11.4 Å². The molecule has 0 aromatic heterocycles. The number of rotatable bonds is 5. The molecule has 1 aliphatic carbocycles. The van der Waals surface area contributed by atoms with Crippen LogP contribution in [0.1, 0.15) is 49.3 Å². The van der Waals surface area contributed by atoms with Crippen molar-refractivity contribution in [1.82, 2.24) is 4.90 Å². The molecule has 1 fully saturated rings. The molecule has 1 amide bonds. The van der Waals surface area contributed by atoms with Gasteiger partial charge in [0.2, 0.25) is 0 Å². The highest BCUT2D eigenvalue weighted by Gasteiger charge is 2.37. The second-order valence-electron chi connectivity index (χ2n) is 8.08. The van der Waals surface area contributed by atoms with Gasteiger partial charge in [-0.3, -0.25) is 0 Å². The molecule has 2 aromatic carbocycles. The molecule has 2 unspecified atom stereocenters. The lowest BCUT2D eigenvalue weighted by Gasteiger charge is -2.39. The zero-order valence-corrected chi connectivity index (χ0v) is 18.6. The SMILES string of the molecule is CCOC(=O)N(Cc1ccc(OC)cc1)C1CCCC(O)(C#Cc2cccc(C)c2)C1. The van der Waals surface area contributed by atoms with Crippen LogP contribution in [0, 0.1) is 18.8 Å². The van der Waals surface area contributed by atoms with Crippen molar-refractivity contribution in [3.63, 3.8) is 0 Å². The molecule has 0 radical (unpaired) electrons. The van der Waals surface area contributed by atoms with E-state index in [4.69, 9.17) is 9.47 Å². The second-order valence-corrected chi connectivity index (χ2v) is 8.08. The van der Waals surface area contributed by atoms with E-state index in [0.29, 0.717) is 26.0 Å². The molecular formula is C26H31NO4. The van der Waals surface area contributed by atoms with E-state index in [2.05, 4.69) is 11.8 Å². The summed E-state index contributed by atoms with van der Waals surface area (Å²) in [7, 11) is 1.63. The Kier molecular flexibility index (Phi) is 7.59. The van der Waals surface area contributed by atoms with Crippen molar-refractivity contribution >= 4 is 6.09 Å². The molecule has 5 nitrogen and oxygen atoms in total. The Morgan fingerprint density at radius 3 is 2.71 bits per heavy atom. The summed E-state index contributed by atoms with van der Waals surface area (Å²) in [4.78, 5) is 14.5. The Balaban J connectivity index is 1.79. The van der Waals surface area contributed by atoms with Crippen LogP contribution in [0.3, 0.4) is 0 Å². The highest BCUT2D eigenvalue weighted by molar-refractivity contribution is 5.68. The number of benzene rings is 2.